The molecule has 2 aromatic carbocycles. The van der Waals surface area contributed by atoms with E-state index >= 15 is 0 Å². The van der Waals surface area contributed by atoms with E-state index in [1.54, 1.807) is 18.2 Å². The van der Waals surface area contributed by atoms with Gasteiger partial charge in [-0.25, -0.2) is 0 Å². The van der Waals surface area contributed by atoms with Gasteiger partial charge in [-0.2, -0.15) is 0 Å². The van der Waals surface area contributed by atoms with Crippen LogP contribution in [0.3, 0.4) is 0 Å². The third-order valence-electron chi connectivity index (χ3n) is 7.52. The van der Waals surface area contributed by atoms with Crippen molar-refractivity contribution >= 4 is 23.5 Å². The fourth-order valence-electron chi connectivity index (χ4n) is 6.59. The van der Waals surface area contributed by atoms with Crippen molar-refractivity contribution in [2.45, 2.75) is 52.0 Å². The molecule has 4 fully saturated rings. The molecule has 2 aromatic rings. The minimum Gasteiger partial charge on any atom is -0.427 e. The third kappa shape index (κ3) is 4.65. The quantitative estimate of drug-likeness (QED) is 0.498. The Hall–Kier alpha value is -3.15. The molecule has 0 atom stereocenters. The van der Waals surface area contributed by atoms with E-state index in [1.165, 1.54) is 32.3 Å². The monoisotopic (exact) mass is 446 g/mol. The molecule has 4 saturated carbocycles. The Bertz CT molecular complexity index is 1060. The van der Waals surface area contributed by atoms with Crippen LogP contribution < -0.4 is 15.4 Å². The lowest BCUT2D eigenvalue weighted by molar-refractivity contribution is -0.146. The van der Waals surface area contributed by atoms with Gasteiger partial charge in [0.25, 0.3) is 5.91 Å². The number of carbonyl (C=O) groups excluding carboxylic acids is 3. The summed E-state index contributed by atoms with van der Waals surface area (Å²) in [6.07, 6.45) is 7.10. The average molecular weight is 447 g/mol. The van der Waals surface area contributed by atoms with Gasteiger partial charge in [-0.05, 0) is 92.2 Å². The Morgan fingerprint density at radius 2 is 1.61 bits per heavy atom. The van der Waals surface area contributed by atoms with E-state index in [0.29, 0.717) is 23.5 Å². The van der Waals surface area contributed by atoms with Crippen LogP contribution in [-0.2, 0) is 16.1 Å². The maximum Gasteiger partial charge on any atom is 0.308 e. The molecule has 0 heterocycles. The number of hydrogen-bond donors (Lipinski definition) is 2. The number of anilines is 1. The van der Waals surface area contributed by atoms with E-state index in [4.69, 9.17) is 4.74 Å². The van der Waals surface area contributed by atoms with Gasteiger partial charge in [-0.15, -0.1) is 0 Å². The van der Waals surface area contributed by atoms with Crippen molar-refractivity contribution in [3.8, 4) is 5.75 Å². The summed E-state index contributed by atoms with van der Waals surface area (Å²) in [6, 6.07) is 14.0. The van der Waals surface area contributed by atoms with E-state index in [9.17, 15) is 14.4 Å². The van der Waals surface area contributed by atoms with Gasteiger partial charge in [0.05, 0.1) is 0 Å². The van der Waals surface area contributed by atoms with E-state index < -0.39 is 5.97 Å². The fourth-order valence-corrected chi connectivity index (χ4v) is 6.59. The Morgan fingerprint density at radius 3 is 2.27 bits per heavy atom. The zero-order chi connectivity index (χ0) is 23.0. The first-order valence-electron chi connectivity index (χ1n) is 11.9. The second-order valence-electron chi connectivity index (χ2n) is 10.2. The van der Waals surface area contributed by atoms with E-state index in [0.717, 1.165) is 42.6 Å². The van der Waals surface area contributed by atoms with Crippen LogP contribution >= 0.6 is 0 Å². The maximum atomic E-state index is 13.2. The van der Waals surface area contributed by atoms with E-state index in [-0.39, 0.29) is 17.2 Å². The molecule has 6 rings (SSSR count). The molecule has 4 aliphatic carbocycles. The van der Waals surface area contributed by atoms with E-state index in [2.05, 4.69) is 10.6 Å². The summed E-state index contributed by atoms with van der Waals surface area (Å²) in [6.45, 7) is 1.77. The molecule has 0 radical (unpaired) electrons. The SMILES string of the molecule is CC(=O)Oc1cccc(C(=O)Nc2cccc(CNC(=O)C34CC5CC(CC(C5)C3)C4)c2)c1. The molecule has 6 nitrogen and oxygen atoms in total. The number of hydrogen-bond acceptors (Lipinski definition) is 4. The van der Waals surface area contributed by atoms with Crippen LogP contribution in [0.15, 0.2) is 48.5 Å². The first kappa shape index (κ1) is 21.7. The molecule has 0 aromatic heterocycles. The summed E-state index contributed by atoms with van der Waals surface area (Å²) in [4.78, 5) is 37.0. The lowest BCUT2D eigenvalue weighted by Crippen LogP contribution is -2.53. The molecule has 0 aliphatic heterocycles. The fraction of sp³-hybridized carbons (Fsp3) is 0.444. The Balaban J connectivity index is 1.21. The topological polar surface area (TPSA) is 84.5 Å². The van der Waals surface area contributed by atoms with Gasteiger partial charge < -0.3 is 15.4 Å². The smallest absolute Gasteiger partial charge is 0.308 e. The van der Waals surface area contributed by atoms with Gasteiger partial charge in [0.1, 0.15) is 5.75 Å². The molecule has 0 spiro atoms. The summed E-state index contributed by atoms with van der Waals surface area (Å²) >= 11 is 0. The van der Waals surface area contributed by atoms with Crippen LogP contribution in [0.1, 0.15) is 61.4 Å². The zero-order valence-corrected chi connectivity index (χ0v) is 18.9. The summed E-state index contributed by atoms with van der Waals surface area (Å²) in [7, 11) is 0. The highest BCUT2D eigenvalue weighted by Gasteiger charge is 2.54. The van der Waals surface area contributed by atoms with Crippen LogP contribution in [-0.4, -0.2) is 17.8 Å². The standard InChI is InChI=1S/C27H30N2O4/c1-17(30)33-24-7-3-5-22(12-24)25(31)29-23-6-2-4-18(11-23)16-28-26(32)27-13-19-8-20(14-27)10-21(9-19)15-27/h2-7,11-12,19-21H,8-10,13-16H2,1H3,(H,28,32)(H,29,31). The number of ether oxygens (including phenoxy) is 1. The summed E-state index contributed by atoms with van der Waals surface area (Å²) in [5, 5.41) is 6.08. The highest BCUT2D eigenvalue weighted by atomic mass is 16.5. The number of esters is 1. The minimum atomic E-state index is -0.434. The zero-order valence-electron chi connectivity index (χ0n) is 18.9. The van der Waals surface area contributed by atoms with Crippen LogP contribution in [0.2, 0.25) is 0 Å². The largest absolute Gasteiger partial charge is 0.427 e. The molecule has 172 valence electrons. The molecule has 0 unspecified atom stereocenters. The molecule has 0 saturated heterocycles. The number of rotatable bonds is 6. The molecule has 2 N–H and O–H groups in total. The number of carbonyl (C=O) groups is 3. The highest BCUT2D eigenvalue weighted by Crippen LogP contribution is 2.60. The molecule has 4 bridgehead atoms. The van der Waals surface area contributed by atoms with Gasteiger partial charge >= 0.3 is 5.97 Å². The Labute approximate surface area is 194 Å². The van der Waals surface area contributed by atoms with Gasteiger partial charge in [-0.1, -0.05) is 18.2 Å². The molecular weight excluding hydrogens is 416 g/mol. The molecule has 4 aliphatic rings. The van der Waals surface area contributed by atoms with Crippen molar-refractivity contribution in [2.24, 2.45) is 23.2 Å². The molecular formula is C27H30N2O4. The van der Waals surface area contributed by atoms with Crippen LogP contribution in [0, 0.1) is 23.2 Å². The van der Waals surface area contributed by atoms with Crippen molar-refractivity contribution in [2.75, 3.05) is 5.32 Å². The van der Waals surface area contributed by atoms with Crippen LogP contribution in [0.25, 0.3) is 0 Å². The van der Waals surface area contributed by atoms with Crippen LogP contribution in [0.4, 0.5) is 5.69 Å². The molecule has 6 heteroatoms. The average Bonchev–Trinajstić information content (AvgIpc) is 2.76. The lowest BCUT2D eigenvalue weighted by Gasteiger charge is -2.55. The first-order chi connectivity index (χ1) is 15.9. The second kappa shape index (κ2) is 8.65. The normalized spacial score (nSPS) is 27.1. The van der Waals surface area contributed by atoms with Crippen molar-refractivity contribution in [1.29, 1.82) is 0 Å². The lowest BCUT2D eigenvalue weighted by atomic mass is 9.49. The number of nitrogens with one attached hydrogen (secondary N) is 2. The summed E-state index contributed by atoms with van der Waals surface area (Å²) in [5.41, 5.74) is 1.83. The second-order valence-corrected chi connectivity index (χ2v) is 10.2. The summed E-state index contributed by atoms with van der Waals surface area (Å²) < 4.78 is 5.06. The van der Waals surface area contributed by atoms with Gasteiger partial charge in [0.2, 0.25) is 5.91 Å². The highest BCUT2D eigenvalue weighted by molar-refractivity contribution is 6.04. The van der Waals surface area contributed by atoms with Crippen LogP contribution in [0.5, 0.6) is 5.75 Å². The van der Waals surface area contributed by atoms with Crippen molar-refractivity contribution in [3.63, 3.8) is 0 Å². The third-order valence-corrected chi connectivity index (χ3v) is 7.52. The predicted molar refractivity (Wildman–Crippen MR) is 125 cm³/mol. The Morgan fingerprint density at radius 1 is 0.939 bits per heavy atom. The van der Waals surface area contributed by atoms with Gasteiger partial charge in [0.15, 0.2) is 0 Å². The van der Waals surface area contributed by atoms with Gasteiger partial charge in [0, 0.05) is 30.1 Å². The first-order valence-corrected chi connectivity index (χ1v) is 11.9. The maximum absolute atomic E-state index is 13.2. The van der Waals surface area contributed by atoms with Crippen molar-refractivity contribution < 1.29 is 19.1 Å². The number of amides is 2. The molecule has 33 heavy (non-hydrogen) atoms. The minimum absolute atomic E-state index is 0.159. The van der Waals surface area contributed by atoms with Gasteiger partial charge in [-0.3, -0.25) is 14.4 Å². The Kier molecular flexibility index (Phi) is 5.69. The van der Waals surface area contributed by atoms with Crippen molar-refractivity contribution in [3.05, 3.63) is 59.7 Å². The predicted octanol–water partition coefficient (Wildman–Crippen LogP) is 4.70. The summed E-state index contributed by atoms with van der Waals surface area (Å²) in [5.74, 6) is 2.02. The molecule has 2 amide bonds. The van der Waals surface area contributed by atoms with E-state index in [1.807, 2.05) is 24.3 Å². The number of benzene rings is 2. The van der Waals surface area contributed by atoms with Crippen molar-refractivity contribution in [1.82, 2.24) is 5.32 Å².